The highest BCUT2D eigenvalue weighted by molar-refractivity contribution is 7.89. The van der Waals surface area contributed by atoms with Gasteiger partial charge in [-0.3, -0.25) is 0 Å². The zero-order valence-electron chi connectivity index (χ0n) is 12.3. The minimum Gasteiger partial charge on any atom is -0.326 e. The summed E-state index contributed by atoms with van der Waals surface area (Å²) in [6.45, 7) is 6.06. The minimum absolute atomic E-state index is 0.244. The van der Waals surface area contributed by atoms with Gasteiger partial charge in [0, 0.05) is 37.7 Å². The molecule has 0 unspecified atom stereocenters. The number of sulfonamides is 1. The third kappa shape index (κ3) is 3.76. The Labute approximate surface area is 131 Å². The van der Waals surface area contributed by atoms with Gasteiger partial charge < -0.3 is 10.6 Å². The van der Waals surface area contributed by atoms with Gasteiger partial charge in [-0.05, 0) is 30.7 Å². The Balaban J connectivity index is 2.14. The molecule has 1 fully saturated rings. The van der Waals surface area contributed by atoms with Crippen molar-refractivity contribution in [3.8, 4) is 0 Å². The van der Waals surface area contributed by atoms with Crippen LogP contribution in [0.5, 0.6) is 0 Å². The van der Waals surface area contributed by atoms with E-state index in [1.54, 1.807) is 12.1 Å². The van der Waals surface area contributed by atoms with Crippen LogP contribution < -0.4 is 5.73 Å². The van der Waals surface area contributed by atoms with Crippen LogP contribution in [0.4, 0.5) is 0 Å². The Bertz CT molecular complexity index is 584. The highest BCUT2D eigenvalue weighted by Crippen LogP contribution is 2.23. The maximum absolute atomic E-state index is 12.6. The first kappa shape index (κ1) is 16.7. The smallest absolute Gasteiger partial charge is 0.243 e. The Morgan fingerprint density at radius 1 is 1.24 bits per heavy atom. The average Bonchev–Trinajstić information content (AvgIpc) is 2.48. The maximum Gasteiger partial charge on any atom is 0.243 e. The summed E-state index contributed by atoms with van der Waals surface area (Å²) in [6.07, 6.45) is 1.09. The molecule has 0 aromatic heterocycles. The van der Waals surface area contributed by atoms with Gasteiger partial charge in [-0.1, -0.05) is 24.6 Å². The van der Waals surface area contributed by atoms with Crippen LogP contribution >= 0.6 is 11.6 Å². The lowest BCUT2D eigenvalue weighted by molar-refractivity contribution is 0.188. The first-order valence-electron chi connectivity index (χ1n) is 7.20. The molecular weight excluding hydrogens is 310 g/mol. The van der Waals surface area contributed by atoms with Crippen molar-refractivity contribution >= 4 is 21.6 Å². The Morgan fingerprint density at radius 3 is 2.43 bits per heavy atom. The van der Waals surface area contributed by atoms with Crippen molar-refractivity contribution in [2.75, 3.05) is 32.7 Å². The second kappa shape index (κ2) is 7.07. The molecule has 118 valence electrons. The molecule has 0 aliphatic carbocycles. The number of benzene rings is 1. The van der Waals surface area contributed by atoms with E-state index in [-0.39, 0.29) is 4.90 Å². The molecule has 0 saturated carbocycles. The molecule has 1 heterocycles. The highest BCUT2D eigenvalue weighted by atomic mass is 35.5. The van der Waals surface area contributed by atoms with Gasteiger partial charge in [0.1, 0.15) is 0 Å². The van der Waals surface area contributed by atoms with Gasteiger partial charge in [-0.2, -0.15) is 4.31 Å². The molecule has 1 aliphatic rings. The van der Waals surface area contributed by atoms with Crippen LogP contribution in [0.2, 0.25) is 5.02 Å². The fourth-order valence-electron chi connectivity index (χ4n) is 2.51. The molecule has 1 aromatic rings. The number of nitrogens with zero attached hydrogens (tertiary/aromatic N) is 2. The van der Waals surface area contributed by atoms with E-state index in [9.17, 15) is 8.42 Å². The maximum atomic E-state index is 12.6. The standard InChI is InChI=1S/C14H22ClN3O2S/c1-2-5-17-6-8-18(9-7-17)21(19,20)13-4-3-12(11-16)14(15)10-13/h3-4,10H,2,5-9,11,16H2,1H3. The van der Waals surface area contributed by atoms with Crippen LogP contribution in [-0.4, -0.2) is 50.3 Å². The third-order valence-corrected chi connectivity index (χ3v) is 6.00. The molecule has 5 nitrogen and oxygen atoms in total. The second-order valence-corrected chi connectivity index (χ2v) is 7.55. The number of halogens is 1. The Hall–Kier alpha value is -0.660. The van der Waals surface area contributed by atoms with Gasteiger partial charge in [-0.25, -0.2) is 8.42 Å². The monoisotopic (exact) mass is 331 g/mol. The van der Waals surface area contributed by atoms with E-state index in [0.717, 1.165) is 31.6 Å². The van der Waals surface area contributed by atoms with Crippen molar-refractivity contribution in [3.63, 3.8) is 0 Å². The van der Waals surface area contributed by atoms with Gasteiger partial charge in [0.05, 0.1) is 4.90 Å². The summed E-state index contributed by atoms with van der Waals surface area (Å²) in [6, 6.07) is 4.77. The molecule has 1 aromatic carbocycles. The van der Waals surface area contributed by atoms with E-state index in [1.807, 2.05) is 0 Å². The fourth-order valence-corrected chi connectivity index (χ4v) is 4.28. The van der Waals surface area contributed by atoms with E-state index in [0.29, 0.717) is 24.7 Å². The molecule has 1 saturated heterocycles. The number of piperazine rings is 1. The third-order valence-electron chi connectivity index (χ3n) is 3.75. The van der Waals surface area contributed by atoms with Crippen LogP contribution in [0, 0.1) is 0 Å². The summed E-state index contributed by atoms with van der Waals surface area (Å²) >= 11 is 6.07. The van der Waals surface area contributed by atoms with Crippen LogP contribution in [0.25, 0.3) is 0 Å². The molecule has 0 spiro atoms. The molecule has 7 heteroatoms. The molecule has 1 aliphatic heterocycles. The van der Waals surface area contributed by atoms with Crippen molar-refractivity contribution in [1.29, 1.82) is 0 Å². The summed E-state index contributed by atoms with van der Waals surface area (Å²) in [5.74, 6) is 0. The van der Waals surface area contributed by atoms with Crippen LogP contribution in [0.1, 0.15) is 18.9 Å². The highest BCUT2D eigenvalue weighted by Gasteiger charge is 2.28. The van der Waals surface area contributed by atoms with E-state index in [1.165, 1.54) is 10.4 Å². The summed E-state index contributed by atoms with van der Waals surface area (Å²) in [5.41, 5.74) is 6.30. The second-order valence-electron chi connectivity index (χ2n) is 5.20. The lowest BCUT2D eigenvalue weighted by Gasteiger charge is -2.33. The quantitative estimate of drug-likeness (QED) is 0.888. The van der Waals surface area contributed by atoms with Crippen molar-refractivity contribution in [3.05, 3.63) is 28.8 Å². The first-order chi connectivity index (χ1) is 9.98. The number of rotatable bonds is 5. The normalized spacial score (nSPS) is 18.0. The topological polar surface area (TPSA) is 66.6 Å². The Morgan fingerprint density at radius 2 is 1.90 bits per heavy atom. The average molecular weight is 332 g/mol. The number of nitrogens with two attached hydrogens (primary N) is 1. The van der Waals surface area contributed by atoms with E-state index >= 15 is 0 Å². The lowest BCUT2D eigenvalue weighted by Crippen LogP contribution is -2.48. The van der Waals surface area contributed by atoms with Crippen LogP contribution in [0.15, 0.2) is 23.1 Å². The fraction of sp³-hybridized carbons (Fsp3) is 0.571. The van der Waals surface area contributed by atoms with Crippen molar-refractivity contribution < 1.29 is 8.42 Å². The number of hydrogen-bond acceptors (Lipinski definition) is 4. The molecule has 2 rings (SSSR count). The van der Waals surface area contributed by atoms with Crippen molar-refractivity contribution in [2.24, 2.45) is 5.73 Å². The van der Waals surface area contributed by atoms with E-state index < -0.39 is 10.0 Å². The Kier molecular flexibility index (Phi) is 5.62. The SMILES string of the molecule is CCCN1CCN(S(=O)(=O)c2ccc(CN)c(Cl)c2)CC1. The molecule has 0 radical (unpaired) electrons. The summed E-state index contributed by atoms with van der Waals surface area (Å²) in [4.78, 5) is 2.53. The molecular formula is C14H22ClN3O2S. The predicted octanol–water partition coefficient (Wildman–Crippen LogP) is 1.52. The van der Waals surface area contributed by atoms with Gasteiger partial charge in [-0.15, -0.1) is 0 Å². The zero-order valence-corrected chi connectivity index (χ0v) is 13.8. The molecule has 0 atom stereocenters. The zero-order chi connectivity index (χ0) is 15.5. The lowest BCUT2D eigenvalue weighted by atomic mass is 10.2. The van der Waals surface area contributed by atoms with Gasteiger partial charge in [0.2, 0.25) is 10.0 Å². The summed E-state index contributed by atoms with van der Waals surface area (Å²) < 4.78 is 26.8. The van der Waals surface area contributed by atoms with Crippen molar-refractivity contribution in [1.82, 2.24) is 9.21 Å². The summed E-state index contributed by atoms with van der Waals surface area (Å²) in [7, 11) is -3.47. The largest absolute Gasteiger partial charge is 0.326 e. The molecule has 2 N–H and O–H groups in total. The minimum atomic E-state index is -3.47. The van der Waals surface area contributed by atoms with Gasteiger partial charge >= 0.3 is 0 Å². The van der Waals surface area contributed by atoms with Gasteiger partial charge in [0.15, 0.2) is 0 Å². The van der Waals surface area contributed by atoms with E-state index in [4.69, 9.17) is 17.3 Å². The summed E-state index contributed by atoms with van der Waals surface area (Å²) in [5, 5.41) is 0.406. The molecule has 0 bridgehead atoms. The van der Waals surface area contributed by atoms with Crippen molar-refractivity contribution in [2.45, 2.75) is 24.8 Å². The number of hydrogen-bond donors (Lipinski definition) is 1. The van der Waals surface area contributed by atoms with Crippen LogP contribution in [-0.2, 0) is 16.6 Å². The predicted molar refractivity (Wildman–Crippen MR) is 84.8 cm³/mol. The van der Waals surface area contributed by atoms with Gasteiger partial charge in [0.25, 0.3) is 0 Å². The van der Waals surface area contributed by atoms with Crippen LogP contribution in [0.3, 0.4) is 0 Å². The van der Waals surface area contributed by atoms with E-state index in [2.05, 4.69) is 11.8 Å². The first-order valence-corrected chi connectivity index (χ1v) is 9.02. The molecule has 0 amide bonds. The molecule has 21 heavy (non-hydrogen) atoms.